The lowest BCUT2D eigenvalue weighted by Gasteiger charge is -2.24. The van der Waals surface area contributed by atoms with Crippen molar-refractivity contribution in [3.63, 3.8) is 0 Å². The van der Waals surface area contributed by atoms with Crippen LogP contribution in [0.15, 0.2) is 103 Å². The predicted octanol–water partition coefficient (Wildman–Crippen LogP) is 5.45. The molecule has 0 saturated carbocycles. The second kappa shape index (κ2) is 18.2. The molecule has 2 amide bonds. The van der Waals surface area contributed by atoms with Crippen molar-refractivity contribution in [1.29, 1.82) is 0 Å². The van der Waals surface area contributed by atoms with Crippen molar-refractivity contribution in [1.82, 2.24) is 29.7 Å². The molecule has 0 fully saturated rings. The van der Waals surface area contributed by atoms with E-state index < -0.39 is 11.9 Å². The fourth-order valence-corrected chi connectivity index (χ4v) is 7.42. The first-order chi connectivity index (χ1) is 30.4. The highest BCUT2D eigenvalue weighted by Gasteiger charge is 2.25. The minimum atomic E-state index is -1.16. The molecule has 15 heteroatoms. The molecule has 15 nitrogen and oxygen atoms in total. The van der Waals surface area contributed by atoms with Crippen molar-refractivity contribution in [2.75, 3.05) is 57.3 Å². The van der Waals surface area contributed by atoms with Crippen molar-refractivity contribution < 1.29 is 33.7 Å². The summed E-state index contributed by atoms with van der Waals surface area (Å²) in [6, 6.07) is 27.2. The molecule has 8 rings (SSSR count). The summed E-state index contributed by atoms with van der Waals surface area (Å²) in [5.74, 6) is -0.646. The number of aromatic carboxylic acids is 1. The molecule has 3 N–H and O–H groups in total. The molecule has 0 saturated heterocycles. The molecule has 0 aliphatic carbocycles. The molecule has 4 heterocycles. The summed E-state index contributed by atoms with van der Waals surface area (Å²) >= 11 is 0. The van der Waals surface area contributed by atoms with Crippen LogP contribution in [0, 0.1) is 13.8 Å². The number of ether oxygens (including phenoxy) is 3. The highest BCUT2D eigenvalue weighted by Crippen LogP contribution is 2.39. The van der Waals surface area contributed by atoms with Gasteiger partial charge in [-0.25, -0.2) is 14.5 Å². The number of aromatic nitrogens is 5. The molecule has 0 unspecified atom stereocenters. The van der Waals surface area contributed by atoms with E-state index in [2.05, 4.69) is 32.5 Å². The summed E-state index contributed by atoms with van der Waals surface area (Å²) in [7, 11) is 3.87. The normalized spacial score (nSPS) is 11.8. The van der Waals surface area contributed by atoms with Crippen LogP contribution in [0.5, 0.6) is 11.5 Å². The number of fused-ring (bicyclic) bond motifs is 3. The predicted molar refractivity (Wildman–Crippen MR) is 239 cm³/mol. The minimum Gasteiger partial charge on any atom is -0.478 e. The Balaban J connectivity index is 0.783. The number of carboxylic acids is 1. The quantitative estimate of drug-likeness (QED) is 0.106. The summed E-state index contributed by atoms with van der Waals surface area (Å²) < 4.78 is 21.2. The standard InChI is InChI=1S/C48H46N8O7/c1-29-6-13-37-42(24-29)63-43-27-35(54(4)5)12-15-38(43)44(37)36-14-9-33(26-40(36)48(59)60)46(57)49-17-20-61-22-23-62-21-19-55-28-41(52-53-55)32-7-10-34(11-8-32)51-47(58)39-16-18-56-31(3)25-30(2)50-45(39)56/h6-16,18,24-28H,1,17,19-23H2,2-5H3,(H,49,57)(H,51,58)(H,59,60). The van der Waals surface area contributed by atoms with Crippen LogP contribution in [-0.4, -0.2) is 94.3 Å². The molecule has 4 aromatic carbocycles. The summed E-state index contributed by atoms with van der Waals surface area (Å²) in [4.78, 5) is 45.4. The molecule has 0 spiro atoms. The van der Waals surface area contributed by atoms with Gasteiger partial charge in [0.25, 0.3) is 11.8 Å². The van der Waals surface area contributed by atoms with E-state index in [0.29, 0.717) is 71.6 Å². The van der Waals surface area contributed by atoms with Crippen LogP contribution in [-0.2, 0) is 16.0 Å². The van der Waals surface area contributed by atoms with Gasteiger partial charge in [0.05, 0.1) is 50.3 Å². The Bertz CT molecular complexity index is 2990. The number of carbonyl (C=O) groups excluding carboxylic acids is 2. The SMILES string of the molecule is C=c1ccc2c(c1)Oc1cc(N(C)C)ccc1C=2c1ccc(C(=O)NCCOCCOCCn2cc(-c3ccc(NC(=O)c4ccn5c(C)cc(C)nc45)cc3)nn2)cc1C(=O)O. The Labute approximate surface area is 362 Å². The zero-order chi connectivity index (χ0) is 44.2. The monoisotopic (exact) mass is 846 g/mol. The zero-order valence-corrected chi connectivity index (χ0v) is 35.3. The van der Waals surface area contributed by atoms with Crippen molar-refractivity contribution in [3.05, 3.63) is 153 Å². The number of aryl methyl sites for hydroxylation is 2. The van der Waals surface area contributed by atoms with E-state index in [0.717, 1.165) is 38.6 Å². The fraction of sp³-hybridized carbons (Fsp3) is 0.208. The Morgan fingerprint density at radius 3 is 2.38 bits per heavy atom. The number of anilines is 2. The van der Waals surface area contributed by atoms with Gasteiger partial charge in [0, 0.05) is 83.1 Å². The molecule has 0 radical (unpaired) electrons. The molecule has 3 aromatic heterocycles. The lowest BCUT2D eigenvalue weighted by Crippen LogP contribution is -2.28. The number of carbonyl (C=O) groups is 3. The second-order valence-corrected chi connectivity index (χ2v) is 15.3. The van der Waals surface area contributed by atoms with Gasteiger partial charge in [0.15, 0.2) is 0 Å². The number of nitrogens with one attached hydrogen (secondary N) is 2. The number of nitrogens with zero attached hydrogens (tertiary/aromatic N) is 6. The second-order valence-electron chi connectivity index (χ2n) is 15.3. The van der Waals surface area contributed by atoms with Crippen molar-refractivity contribution in [3.8, 4) is 22.8 Å². The maximum Gasteiger partial charge on any atom is 0.336 e. The van der Waals surface area contributed by atoms with E-state index in [1.165, 1.54) is 6.07 Å². The first kappa shape index (κ1) is 42.1. The maximum absolute atomic E-state index is 13.1. The summed E-state index contributed by atoms with van der Waals surface area (Å²) in [6.45, 7) is 9.89. The van der Waals surface area contributed by atoms with Gasteiger partial charge < -0.3 is 39.3 Å². The van der Waals surface area contributed by atoms with E-state index >= 15 is 0 Å². The molecule has 0 atom stereocenters. The highest BCUT2D eigenvalue weighted by molar-refractivity contribution is 6.08. The fourth-order valence-electron chi connectivity index (χ4n) is 7.42. The third-order valence-corrected chi connectivity index (χ3v) is 10.6. The van der Waals surface area contributed by atoms with Crippen LogP contribution in [0.2, 0.25) is 0 Å². The Morgan fingerprint density at radius 1 is 0.825 bits per heavy atom. The smallest absolute Gasteiger partial charge is 0.336 e. The molecule has 7 aromatic rings. The number of amides is 2. The summed E-state index contributed by atoms with van der Waals surface area (Å²) in [6.07, 6.45) is 3.67. The van der Waals surface area contributed by atoms with Crippen LogP contribution in [0.4, 0.5) is 11.4 Å². The molecule has 63 heavy (non-hydrogen) atoms. The topological polar surface area (TPSA) is 174 Å². The van der Waals surface area contributed by atoms with Gasteiger partial charge in [-0.05, 0) is 79.2 Å². The minimum absolute atomic E-state index is 0.00942. The van der Waals surface area contributed by atoms with Gasteiger partial charge in [0.1, 0.15) is 22.8 Å². The van der Waals surface area contributed by atoms with Crippen LogP contribution < -0.4 is 30.7 Å². The third-order valence-electron chi connectivity index (χ3n) is 10.6. The molecule has 1 aliphatic heterocycles. The number of hydrogen-bond donors (Lipinski definition) is 3. The van der Waals surface area contributed by atoms with E-state index in [-0.39, 0.29) is 30.2 Å². The van der Waals surface area contributed by atoms with Crippen molar-refractivity contribution in [2.45, 2.75) is 20.4 Å². The molecule has 1 aliphatic rings. The number of benzene rings is 4. The molecule has 320 valence electrons. The summed E-state index contributed by atoms with van der Waals surface area (Å²) in [5, 5.41) is 26.1. The van der Waals surface area contributed by atoms with Gasteiger partial charge in [-0.2, -0.15) is 0 Å². The van der Waals surface area contributed by atoms with Crippen LogP contribution in [0.3, 0.4) is 0 Å². The molecular weight excluding hydrogens is 801 g/mol. The lowest BCUT2D eigenvalue weighted by atomic mass is 9.88. The lowest BCUT2D eigenvalue weighted by molar-refractivity contribution is 0.0444. The van der Waals surface area contributed by atoms with Gasteiger partial charge in [-0.15, -0.1) is 5.10 Å². The maximum atomic E-state index is 13.1. The number of rotatable bonds is 16. The average Bonchev–Trinajstić information content (AvgIpc) is 3.93. The molecule has 0 bridgehead atoms. The van der Waals surface area contributed by atoms with Gasteiger partial charge in [-0.1, -0.05) is 42.1 Å². The summed E-state index contributed by atoms with van der Waals surface area (Å²) in [5.41, 5.74) is 8.19. The molecular formula is C48H46N8O7. The van der Waals surface area contributed by atoms with Crippen LogP contribution >= 0.6 is 0 Å². The van der Waals surface area contributed by atoms with Crippen LogP contribution in [0.25, 0.3) is 29.1 Å². The van der Waals surface area contributed by atoms with E-state index in [1.807, 2.05) is 116 Å². The Kier molecular flexibility index (Phi) is 12.1. The van der Waals surface area contributed by atoms with Crippen molar-refractivity contribution >= 4 is 47.0 Å². The zero-order valence-electron chi connectivity index (χ0n) is 35.3. The first-order valence-corrected chi connectivity index (χ1v) is 20.3. The number of hydrogen-bond acceptors (Lipinski definition) is 10. The van der Waals surface area contributed by atoms with Gasteiger partial charge in [-0.3, -0.25) is 9.59 Å². The van der Waals surface area contributed by atoms with Gasteiger partial charge >= 0.3 is 5.97 Å². The Hall–Kier alpha value is -7.62. The largest absolute Gasteiger partial charge is 0.478 e. The first-order valence-electron chi connectivity index (χ1n) is 20.3. The van der Waals surface area contributed by atoms with Gasteiger partial charge in [0.2, 0.25) is 0 Å². The average molecular weight is 847 g/mol. The van der Waals surface area contributed by atoms with Crippen molar-refractivity contribution in [2.24, 2.45) is 0 Å². The Morgan fingerprint density at radius 2 is 1.60 bits per heavy atom. The van der Waals surface area contributed by atoms with E-state index in [4.69, 9.17) is 14.2 Å². The highest BCUT2D eigenvalue weighted by atomic mass is 16.5. The van der Waals surface area contributed by atoms with E-state index in [1.54, 1.807) is 22.9 Å². The third kappa shape index (κ3) is 9.20. The number of carboxylic acid groups (broad SMARTS) is 1. The van der Waals surface area contributed by atoms with Crippen LogP contribution in [0.1, 0.15) is 53.6 Å². The van der Waals surface area contributed by atoms with E-state index in [9.17, 15) is 19.5 Å².